The van der Waals surface area contributed by atoms with E-state index in [1.165, 1.54) is 11.1 Å². The molecule has 0 bridgehead atoms. The number of aryl methyl sites for hydroxylation is 1. The Balaban J connectivity index is 0. The molecular formula is C11H17Y-. The molecule has 1 rings (SSSR count). The summed E-state index contributed by atoms with van der Waals surface area (Å²) in [6.07, 6.45) is 0. The van der Waals surface area contributed by atoms with Crippen molar-refractivity contribution in [3.63, 3.8) is 0 Å². The SMILES string of the molecule is C.Cc1[c-]ccc(C(C)C)c1.[Y]. The van der Waals surface area contributed by atoms with Gasteiger partial charge in [0.15, 0.2) is 0 Å². The minimum Gasteiger partial charge on any atom is -0.181 e. The van der Waals surface area contributed by atoms with Crippen molar-refractivity contribution in [1.29, 1.82) is 0 Å². The van der Waals surface area contributed by atoms with E-state index >= 15 is 0 Å². The van der Waals surface area contributed by atoms with Gasteiger partial charge in [0, 0.05) is 32.7 Å². The molecular weight excluding hydrogens is 221 g/mol. The number of rotatable bonds is 1. The van der Waals surface area contributed by atoms with Crippen molar-refractivity contribution in [3.05, 3.63) is 35.4 Å². The maximum absolute atomic E-state index is 3.13. The zero-order valence-corrected chi connectivity index (χ0v) is 10.2. The fourth-order valence-corrected chi connectivity index (χ4v) is 0.968. The van der Waals surface area contributed by atoms with Crippen LogP contribution in [0.2, 0.25) is 0 Å². The standard InChI is InChI=1S/C10H13.CH4.Y/c1-8(2)10-6-4-5-9(3)7-10;;/h4,6-8H,1-3H3;1H4;/q-1;;. The minimum absolute atomic E-state index is 0. The molecule has 1 aromatic carbocycles. The zero-order valence-electron chi connectivity index (χ0n) is 7.39. The average Bonchev–Trinajstić information content (AvgIpc) is 1.88. The van der Waals surface area contributed by atoms with Crippen LogP contribution in [-0.2, 0) is 32.7 Å². The van der Waals surface area contributed by atoms with Gasteiger partial charge in [0.25, 0.3) is 0 Å². The summed E-state index contributed by atoms with van der Waals surface area (Å²) in [5.41, 5.74) is 2.63. The molecule has 0 aliphatic carbocycles. The van der Waals surface area contributed by atoms with Gasteiger partial charge in [0.2, 0.25) is 0 Å². The van der Waals surface area contributed by atoms with Crippen LogP contribution in [0.3, 0.4) is 0 Å². The Morgan fingerprint density at radius 1 is 1.33 bits per heavy atom. The molecule has 0 atom stereocenters. The van der Waals surface area contributed by atoms with Crippen molar-refractivity contribution >= 4 is 0 Å². The van der Waals surface area contributed by atoms with Crippen LogP contribution >= 0.6 is 0 Å². The van der Waals surface area contributed by atoms with Gasteiger partial charge >= 0.3 is 0 Å². The molecule has 0 heterocycles. The third kappa shape index (κ3) is 4.37. The molecule has 65 valence electrons. The quantitative estimate of drug-likeness (QED) is 0.656. The van der Waals surface area contributed by atoms with E-state index < -0.39 is 0 Å². The Morgan fingerprint density at radius 2 is 1.92 bits per heavy atom. The first-order valence-corrected chi connectivity index (χ1v) is 3.68. The first-order chi connectivity index (χ1) is 4.70. The second kappa shape index (κ2) is 6.80. The molecule has 0 aliphatic heterocycles. The van der Waals surface area contributed by atoms with E-state index in [1.807, 2.05) is 6.07 Å². The third-order valence-corrected chi connectivity index (χ3v) is 1.64. The Labute approximate surface area is 102 Å². The molecule has 1 aromatic rings. The first-order valence-electron chi connectivity index (χ1n) is 3.68. The molecule has 0 saturated heterocycles. The van der Waals surface area contributed by atoms with Crippen molar-refractivity contribution in [2.24, 2.45) is 0 Å². The van der Waals surface area contributed by atoms with Gasteiger partial charge in [-0.3, -0.25) is 0 Å². The van der Waals surface area contributed by atoms with Crippen molar-refractivity contribution in [1.82, 2.24) is 0 Å². The molecule has 0 unspecified atom stereocenters. The average molecular weight is 238 g/mol. The van der Waals surface area contributed by atoms with Crippen LogP contribution in [0.5, 0.6) is 0 Å². The van der Waals surface area contributed by atoms with Gasteiger partial charge in [-0.2, -0.15) is 35.4 Å². The van der Waals surface area contributed by atoms with E-state index in [2.05, 4.69) is 39.0 Å². The first kappa shape index (κ1) is 14.8. The van der Waals surface area contributed by atoms with Gasteiger partial charge in [0.1, 0.15) is 0 Å². The maximum Gasteiger partial charge on any atom is 0 e. The molecule has 0 amide bonds. The predicted octanol–water partition coefficient (Wildman–Crippen LogP) is 3.55. The van der Waals surface area contributed by atoms with Crippen molar-refractivity contribution in [2.75, 3.05) is 0 Å². The van der Waals surface area contributed by atoms with Crippen LogP contribution in [0.4, 0.5) is 0 Å². The second-order valence-corrected chi connectivity index (χ2v) is 2.96. The Bertz CT molecular complexity index is 216. The van der Waals surface area contributed by atoms with E-state index in [4.69, 9.17) is 0 Å². The summed E-state index contributed by atoms with van der Waals surface area (Å²) in [7, 11) is 0. The fraction of sp³-hybridized carbons (Fsp3) is 0.455. The summed E-state index contributed by atoms with van der Waals surface area (Å²) in [5, 5.41) is 0. The summed E-state index contributed by atoms with van der Waals surface area (Å²) in [4.78, 5) is 0. The number of hydrogen-bond donors (Lipinski definition) is 0. The van der Waals surface area contributed by atoms with E-state index in [1.54, 1.807) is 0 Å². The Hall–Kier alpha value is 0.324. The van der Waals surface area contributed by atoms with Gasteiger partial charge in [-0.1, -0.05) is 28.2 Å². The van der Waals surface area contributed by atoms with E-state index in [-0.39, 0.29) is 40.1 Å². The van der Waals surface area contributed by atoms with Crippen LogP contribution in [0.1, 0.15) is 38.3 Å². The van der Waals surface area contributed by atoms with Crippen LogP contribution < -0.4 is 0 Å². The van der Waals surface area contributed by atoms with Crippen LogP contribution in [0.15, 0.2) is 18.2 Å². The normalized spacial score (nSPS) is 8.67. The van der Waals surface area contributed by atoms with Crippen LogP contribution in [0.25, 0.3) is 0 Å². The number of hydrogen-bond acceptors (Lipinski definition) is 0. The van der Waals surface area contributed by atoms with Gasteiger partial charge in [-0.25, -0.2) is 0 Å². The molecule has 0 aromatic heterocycles. The summed E-state index contributed by atoms with van der Waals surface area (Å²) < 4.78 is 0. The second-order valence-electron chi connectivity index (χ2n) is 2.96. The van der Waals surface area contributed by atoms with Crippen molar-refractivity contribution in [3.8, 4) is 0 Å². The Morgan fingerprint density at radius 3 is 2.25 bits per heavy atom. The molecule has 0 N–H and O–H groups in total. The summed E-state index contributed by atoms with van der Waals surface area (Å²) in [6.45, 7) is 6.48. The van der Waals surface area contributed by atoms with Crippen molar-refractivity contribution in [2.45, 2.75) is 34.1 Å². The minimum atomic E-state index is 0. The van der Waals surface area contributed by atoms with E-state index in [0.717, 1.165) is 0 Å². The monoisotopic (exact) mass is 238 g/mol. The predicted molar refractivity (Wildman–Crippen MR) is 50.8 cm³/mol. The van der Waals surface area contributed by atoms with E-state index in [0.29, 0.717) is 5.92 Å². The van der Waals surface area contributed by atoms with Crippen LogP contribution in [0, 0.1) is 13.0 Å². The molecule has 0 aliphatic rings. The topological polar surface area (TPSA) is 0 Å². The van der Waals surface area contributed by atoms with E-state index in [9.17, 15) is 0 Å². The molecule has 1 heteroatoms. The molecule has 12 heavy (non-hydrogen) atoms. The summed E-state index contributed by atoms with van der Waals surface area (Å²) in [5.74, 6) is 0.633. The van der Waals surface area contributed by atoms with Crippen LogP contribution in [-0.4, -0.2) is 0 Å². The molecule has 0 spiro atoms. The van der Waals surface area contributed by atoms with Crippen molar-refractivity contribution < 1.29 is 32.7 Å². The van der Waals surface area contributed by atoms with Gasteiger partial charge in [-0.15, -0.1) is 0 Å². The van der Waals surface area contributed by atoms with Gasteiger partial charge in [-0.05, 0) is 5.92 Å². The molecule has 0 fully saturated rings. The smallest absolute Gasteiger partial charge is 0 e. The molecule has 0 nitrogen and oxygen atoms in total. The largest absolute Gasteiger partial charge is 0.181 e. The zero-order chi connectivity index (χ0) is 7.56. The maximum atomic E-state index is 3.13. The third-order valence-electron chi connectivity index (χ3n) is 1.64. The fourth-order valence-electron chi connectivity index (χ4n) is 0.968. The van der Waals surface area contributed by atoms with Gasteiger partial charge in [0.05, 0.1) is 0 Å². The number of benzene rings is 1. The summed E-state index contributed by atoms with van der Waals surface area (Å²) >= 11 is 0. The summed E-state index contributed by atoms with van der Waals surface area (Å²) in [6, 6.07) is 9.43. The van der Waals surface area contributed by atoms with Gasteiger partial charge < -0.3 is 0 Å². The molecule has 1 radical (unpaired) electrons. The molecule has 0 saturated carbocycles. The Kier molecular flexibility index (Phi) is 8.40.